The molecule has 0 spiro atoms. The van der Waals surface area contributed by atoms with Crippen LogP contribution in [0.5, 0.6) is 5.75 Å². The number of hydrogen-bond donors (Lipinski definition) is 4. The van der Waals surface area contributed by atoms with Crippen LogP contribution in [0.2, 0.25) is 0 Å². The highest BCUT2D eigenvalue weighted by atomic mass is 32.5. The lowest BCUT2D eigenvalue weighted by Gasteiger charge is -2.30. The minimum Gasteiger partial charge on any atom is -0.462 e. The SMILES string of the molecule is CC(C)OC(=O)[C@@H](C)N[P@@](=S)(OC[C@@]1(F)O[C@@H](n2ccc(N)nc2=O)[C@H](O)[C@@H]1O)Oc1ccccc1. The number of nitrogens with two attached hydrogens (primary N) is 1. The molecule has 0 aliphatic carbocycles. The van der Waals surface area contributed by atoms with E-state index in [1.165, 1.54) is 13.0 Å². The Labute approximate surface area is 211 Å². The third kappa shape index (κ3) is 6.65. The van der Waals surface area contributed by atoms with E-state index in [-0.39, 0.29) is 11.6 Å². The molecule has 12 nitrogen and oxygen atoms in total. The van der Waals surface area contributed by atoms with E-state index >= 15 is 4.39 Å². The van der Waals surface area contributed by atoms with E-state index in [0.717, 1.165) is 10.8 Å². The van der Waals surface area contributed by atoms with Gasteiger partial charge in [-0.25, -0.2) is 14.3 Å². The molecule has 2 aromatic rings. The van der Waals surface area contributed by atoms with Crippen LogP contribution in [-0.4, -0.2) is 62.5 Å². The lowest BCUT2D eigenvalue weighted by Crippen LogP contribution is -2.44. The van der Waals surface area contributed by atoms with Crippen LogP contribution in [-0.2, 0) is 30.6 Å². The first kappa shape index (κ1) is 28.1. The number of esters is 1. The molecule has 1 saturated heterocycles. The molecular weight excluding hydrogens is 518 g/mol. The molecule has 0 radical (unpaired) electrons. The number of nitrogens with zero attached hydrogens (tertiary/aromatic N) is 2. The number of carbonyl (C=O) groups excluding carboxylic acids is 1. The van der Waals surface area contributed by atoms with Crippen LogP contribution in [0.1, 0.15) is 27.0 Å². The molecule has 1 aliphatic rings. The Balaban J connectivity index is 1.81. The van der Waals surface area contributed by atoms with Crippen molar-refractivity contribution in [3.63, 3.8) is 0 Å². The van der Waals surface area contributed by atoms with Gasteiger partial charge in [0.05, 0.1) is 6.10 Å². The predicted octanol–water partition coefficient (Wildman–Crippen LogP) is 0.992. The van der Waals surface area contributed by atoms with Crippen LogP contribution in [0.4, 0.5) is 10.2 Å². The first-order chi connectivity index (χ1) is 16.8. The maximum Gasteiger partial charge on any atom is 0.351 e. The molecule has 1 aromatic carbocycles. The van der Waals surface area contributed by atoms with Crippen LogP contribution in [0, 0.1) is 0 Å². The fraction of sp³-hybridized carbons (Fsp3) is 0.476. The summed E-state index contributed by atoms with van der Waals surface area (Å²) in [6.45, 7) is 0.132. The Morgan fingerprint density at radius 2 is 2.00 bits per heavy atom. The summed E-state index contributed by atoms with van der Waals surface area (Å²) in [5.41, 5.74) is 4.53. The molecule has 198 valence electrons. The van der Waals surface area contributed by atoms with E-state index in [4.69, 9.17) is 36.1 Å². The second-order valence-electron chi connectivity index (χ2n) is 8.28. The van der Waals surface area contributed by atoms with Crippen LogP contribution in [0.3, 0.4) is 0 Å². The lowest BCUT2D eigenvalue weighted by atomic mass is 10.1. The molecule has 15 heteroatoms. The Morgan fingerprint density at radius 1 is 1.33 bits per heavy atom. The van der Waals surface area contributed by atoms with Gasteiger partial charge in [-0.15, -0.1) is 0 Å². The summed E-state index contributed by atoms with van der Waals surface area (Å²) < 4.78 is 38.2. The van der Waals surface area contributed by atoms with Crippen molar-refractivity contribution < 1.29 is 37.9 Å². The van der Waals surface area contributed by atoms with E-state index in [9.17, 15) is 19.8 Å². The molecule has 1 aliphatic heterocycles. The van der Waals surface area contributed by atoms with Crippen LogP contribution < -0.4 is 21.0 Å². The second kappa shape index (κ2) is 11.3. The van der Waals surface area contributed by atoms with E-state index in [1.54, 1.807) is 44.2 Å². The van der Waals surface area contributed by atoms with Gasteiger partial charge in [-0.3, -0.25) is 9.36 Å². The number of aromatic nitrogens is 2. The Bertz CT molecular complexity index is 1170. The van der Waals surface area contributed by atoms with Gasteiger partial charge in [0.25, 0.3) is 5.85 Å². The molecule has 1 aromatic heterocycles. The Hall–Kier alpha value is -2.45. The standard InChI is InChI=1S/C21H28FN4O8PS/c1-12(2)32-19(29)13(3)25-35(36,34-14-7-5-4-6-8-14)31-11-21(22)17(28)16(27)18(33-21)26-10-9-15(23)24-20(26)30/h4-10,12-13,16-18,27-28H,11H2,1-3H3,(H,25,36)(H2,23,24,30)/t13-,16-,17+,18-,21-,35-/m1/s1. The number of anilines is 1. The van der Waals surface area contributed by atoms with Crippen molar-refractivity contribution in [1.29, 1.82) is 0 Å². The fourth-order valence-electron chi connectivity index (χ4n) is 3.22. The van der Waals surface area contributed by atoms with Gasteiger partial charge in [0.1, 0.15) is 36.4 Å². The zero-order valence-electron chi connectivity index (χ0n) is 19.7. The highest BCUT2D eigenvalue weighted by molar-refractivity contribution is 8.09. The Kier molecular flexibility index (Phi) is 8.83. The number of halogens is 1. The smallest absolute Gasteiger partial charge is 0.351 e. The van der Waals surface area contributed by atoms with Crippen molar-refractivity contribution in [2.24, 2.45) is 0 Å². The predicted molar refractivity (Wildman–Crippen MR) is 130 cm³/mol. The van der Waals surface area contributed by atoms with Crippen molar-refractivity contribution in [2.45, 2.75) is 57.2 Å². The lowest BCUT2D eigenvalue weighted by molar-refractivity contribution is -0.203. The maximum atomic E-state index is 15.7. The summed E-state index contributed by atoms with van der Waals surface area (Å²) in [6, 6.07) is 8.49. The summed E-state index contributed by atoms with van der Waals surface area (Å²) in [5, 5.41) is 23.5. The summed E-state index contributed by atoms with van der Waals surface area (Å²) in [4.78, 5) is 27.9. The molecule has 0 unspecified atom stereocenters. The van der Waals surface area contributed by atoms with Gasteiger partial charge in [-0.1, -0.05) is 18.2 Å². The zero-order valence-corrected chi connectivity index (χ0v) is 21.4. The van der Waals surface area contributed by atoms with Gasteiger partial charge < -0.3 is 34.5 Å². The molecule has 0 bridgehead atoms. The van der Waals surface area contributed by atoms with E-state index < -0.39 is 61.3 Å². The van der Waals surface area contributed by atoms with Gasteiger partial charge in [-0.2, -0.15) is 4.98 Å². The average molecular weight is 547 g/mol. The number of nitrogen functional groups attached to an aromatic ring is 1. The largest absolute Gasteiger partial charge is 0.462 e. The number of para-hydroxylation sites is 1. The molecular formula is C21H28FN4O8PS. The summed E-state index contributed by atoms with van der Waals surface area (Å²) in [5.74, 6) is -3.46. The minimum absolute atomic E-state index is 0.0888. The molecule has 3 rings (SSSR count). The quantitative estimate of drug-likeness (QED) is 0.247. The van der Waals surface area contributed by atoms with Crippen molar-refractivity contribution >= 4 is 30.2 Å². The number of aliphatic hydroxyl groups is 2. The molecule has 2 heterocycles. The van der Waals surface area contributed by atoms with Crippen molar-refractivity contribution in [3.8, 4) is 5.75 Å². The monoisotopic (exact) mass is 546 g/mol. The molecule has 0 saturated carbocycles. The number of benzene rings is 1. The number of ether oxygens (including phenoxy) is 2. The van der Waals surface area contributed by atoms with Crippen LogP contribution in [0.25, 0.3) is 0 Å². The minimum atomic E-state index is -3.67. The molecule has 5 N–H and O–H groups in total. The van der Waals surface area contributed by atoms with Crippen molar-refractivity contribution in [2.75, 3.05) is 12.3 Å². The summed E-state index contributed by atoms with van der Waals surface area (Å²) >= 11 is 5.51. The third-order valence-electron chi connectivity index (χ3n) is 4.96. The number of aliphatic hydroxyl groups excluding tert-OH is 2. The number of nitrogens with one attached hydrogen (secondary N) is 1. The molecule has 1 fully saturated rings. The van der Waals surface area contributed by atoms with Gasteiger partial charge >= 0.3 is 18.3 Å². The maximum absolute atomic E-state index is 15.7. The number of carbonyl (C=O) groups is 1. The topological polar surface area (TPSA) is 167 Å². The van der Waals surface area contributed by atoms with Crippen LogP contribution in [0.15, 0.2) is 47.4 Å². The van der Waals surface area contributed by atoms with Crippen molar-refractivity contribution in [1.82, 2.24) is 14.6 Å². The number of hydrogen-bond acceptors (Lipinski definition) is 11. The summed E-state index contributed by atoms with van der Waals surface area (Å²) in [6.07, 6.45) is -4.87. The van der Waals surface area contributed by atoms with Gasteiger partial charge in [-0.05, 0) is 50.8 Å². The second-order valence-corrected chi connectivity index (χ2v) is 11.4. The van der Waals surface area contributed by atoms with E-state index in [0.29, 0.717) is 0 Å². The third-order valence-corrected chi connectivity index (χ3v) is 7.44. The first-order valence-electron chi connectivity index (χ1n) is 10.9. The highest BCUT2D eigenvalue weighted by Crippen LogP contribution is 2.48. The first-order valence-corrected chi connectivity index (χ1v) is 13.5. The zero-order chi connectivity index (χ0) is 26.7. The Morgan fingerprint density at radius 3 is 2.61 bits per heavy atom. The number of alkyl halides is 1. The molecule has 0 amide bonds. The molecule has 6 atom stereocenters. The van der Waals surface area contributed by atoms with Crippen LogP contribution >= 0.6 is 6.64 Å². The fourth-order valence-corrected chi connectivity index (χ4v) is 5.61. The normalized spacial score (nSPS) is 26.4. The number of rotatable bonds is 10. The molecule has 36 heavy (non-hydrogen) atoms. The van der Waals surface area contributed by atoms with Crippen molar-refractivity contribution in [3.05, 3.63) is 53.1 Å². The van der Waals surface area contributed by atoms with E-state index in [1.807, 2.05) is 0 Å². The highest BCUT2D eigenvalue weighted by Gasteiger charge is 2.57. The van der Waals surface area contributed by atoms with Gasteiger partial charge in [0, 0.05) is 6.20 Å². The van der Waals surface area contributed by atoms with Gasteiger partial charge in [0.15, 0.2) is 6.23 Å². The van der Waals surface area contributed by atoms with E-state index in [2.05, 4.69) is 10.1 Å². The van der Waals surface area contributed by atoms with Gasteiger partial charge in [0.2, 0.25) is 0 Å². The summed E-state index contributed by atoms with van der Waals surface area (Å²) in [7, 11) is 0. The average Bonchev–Trinajstić information content (AvgIpc) is 3.02.